The lowest BCUT2D eigenvalue weighted by molar-refractivity contribution is -0.144. The van der Waals surface area contributed by atoms with E-state index in [4.69, 9.17) is 14.0 Å². The van der Waals surface area contributed by atoms with E-state index in [0.29, 0.717) is 63.3 Å². The zero-order valence-corrected chi connectivity index (χ0v) is 23.8. The van der Waals surface area contributed by atoms with Gasteiger partial charge in [-0.25, -0.2) is 4.79 Å². The van der Waals surface area contributed by atoms with Crippen LogP contribution in [0.4, 0.5) is 4.79 Å². The second kappa shape index (κ2) is 13.6. The van der Waals surface area contributed by atoms with Gasteiger partial charge in [0.25, 0.3) is 0 Å². The summed E-state index contributed by atoms with van der Waals surface area (Å²) in [4.78, 5) is 54.0. The molecule has 11 heteroatoms. The second-order valence-electron chi connectivity index (χ2n) is 11.2. The molecule has 39 heavy (non-hydrogen) atoms. The van der Waals surface area contributed by atoms with Crippen molar-refractivity contribution in [2.45, 2.75) is 84.8 Å². The number of aryl methyl sites for hydroxylation is 1. The predicted octanol–water partition coefficient (Wildman–Crippen LogP) is 3.68. The monoisotopic (exact) mass is 546 g/mol. The first-order chi connectivity index (χ1) is 18.4. The molecule has 1 saturated heterocycles. The highest BCUT2D eigenvalue weighted by Gasteiger charge is 2.32. The Balaban J connectivity index is 1.50. The summed E-state index contributed by atoms with van der Waals surface area (Å²) < 4.78 is 15.8. The van der Waals surface area contributed by atoms with Gasteiger partial charge in [-0.15, -0.1) is 0 Å². The van der Waals surface area contributed by atoms with Crippen molar-refractivity contribution in [3.63, 3.8) is 0 Å². The molecule has 3 amide bonds. The number of aromatic nitrogens is 1. The van der Waals surface area contributed by atoms with E-state index in [1.165, 1.54) is 0 Å². The maximum Gasteiger partial charge on any atom is 0.410 e. The van der Waals surface area contributed by atoms with Crippen molar-refractivity contribution in [3.8, 4) is 0 Å². The Morgan fingerprint density at radius 1 is 1.21 bits per heavy atom. The fourth-order valence-corrected chi connectivity index (χ4v) is 4.72. The molecule has 2 aliphatic rings. The van der Waals surface area contributed by atoms with E-state index in [1.54, 1.807) is 29.7 Å². The van der Waals surface area contributed by atoms with Crippen LogP contribution in [0.2, 0.25) is 0 Å². The van der Waals surface area contributed by atoms with Gasteiger partial charge in [-0.2, -0.15) is 0 Å². The minimum atomic E-state index is -0.692. The molecule has 1 N–H and O–H groups in total. The molecule has 0 spiro atoms. The van der Waals surface area contributed by atoms with Crippen LogP contribution in [-0.4, -0.2) is 77.2 Å². The number of esters is 1. The van der Waals surface area contributed by atoms with Crippen LogP contribution < -0.4 is 5.32 Å². The smallest absolute Gasteiger partial charge is 0.410 e. The number of carbonyl (C=O) groups is 4. The Morgan fingerprint density at radius 2 is 1.97 bits per heavy atom. The first-order valence-electron chi connectivity index (χ1n) is 13.8. The van der Waals surface area contributed by atoms with Crippen molar-refractivity contribution in [1.82, 2.24) is 20.3 Å². The fourth-order valence-electron chi connectivity index (χ4n) is 4.72. The Morgan fingerprint density at radius 3 is 2.59 bits per heavy atom. The number of nitrogens with zero attached hydrogens (tertiary/aromatic N) is 3. The molecule has 0 aliphatic carbocycles. The molecular formula is C28H42N4O7. The molecular weight excluding hydrogens is 504 g/mol. The summed E-state index contributed by atoms with van der Waals surface area (Å²) in [6, 6.07) is 0.996. The van der Waals surface area contributed by atoms with Crippen LogP contribution in [0.5, 0.6) is 0 Å². The van der Waals surface area contributed by atoms with E-state index in [9.17, 15) is 19.2 Å². The summed E-state index contributed by atoms with van der Waals surface area (Å²) >= 11 is 0. The normalized spacial score (nSPS) is 18.7. The molecule has 1 aromatic rings. The van der Waals surface area contributed by atoms with Gasteiger partial charge in [-0.05, 0) is 60.3 Å². The number of amides is 3. The summed E-state index contributed by atoms with van der Waals surface area (Å²) in [5.74, 6) is -0.648. The highest BCUT2D eigenvalue weighted by molar-refractivity contribution is 5.82. The van der Waals surface area contributed by atoms with Crippen LogP contribution in [0.1, 0.15) is 83.7 Å². The van der Waals surface area contributed by atoms with Gasteiger partial charge in [0, 0.05) is 38.7 Å². The summed E-state index contributed by atoms with van der Waals surface area (Å²) in [5.41, 5.74) is 1.26. The number of hydrogen-bond acceptors (Lipinski definition) is 8. The maximum absolute atomic E-state index is 13.2. The summed E-state index contributed by atoms with van der Waals surface area (Å²) in [7, 11) is 0. The minimum Gasteiger partial charge on any atom is -0.466 e. The molecule has 0 bridgehead atoms. The van der Waals surface area contributed by atoms with Crippen molar-refractivity contribution in [2.75, 3.05) is 32.8 Å². The number of rotatable bonds is 9. The molecule has 1 unspecified atom stereocenters. The summed E-state index contributed by atoms with van der Waals surface area (Å²) in [6.07, 6.45) is 4.68. The van der Waals surface area contributed by atoms with Crippen LogP contribution in [0.3, 0.4) is 0 Å². The molecule has 0 saturated carbocycles. The first-order valence-corrected chi connectivity index (χ1v) is 13.8. The van der Waals surface area contributed by atoms with Crippen LogP contribution in [0, 0.1) is 12.8 Å². The minimum absolute atomic E-state index is 0.0110. The number of carbonyl (C=O) groups excluding carboxylic acids is 4. The zero-order chi connectivity index (χ0) is 28.6. The molecule has 0 aromatic carbocycles. The Kier molecular flexibility index (Phi) is 10.5. The third-order valence-corrected chi connectivity index (χ3v) is 6.74. The number of ether oxygens (including phenoxy) is 2. The van der Waals surface area contributed by atoms with E-state index in [2.05, 4.69) is 10.5 Å². The lowest BCUT2D eigenvalue weighted by Crippen LogP contribution is -2.46. The highest BCUT2D eigenvalue weighted by Crippen LogP contribution is 2.24. The molecule has 3 heterocycles. The van der Waals surface area contributed by atoms with Gasteiger partial charge in [0.2, 0.25) is 11.8 Å². The zero-order valence-electron chi connectivity index (χ0n) is 23.8. The van der Waals surface area contributed by atoms with Crippen LogP contribution in [0.15, 0.2) is 22.2 Å². The Hall–Kier alpha value is -3.37. The number of hydrogen-bond donors (Lipinski definition) is 1. The summed E-state index contributed by atoms with van der Waals surface area (Å²) in [5, 5.41) is 6.78. The van der Waals surface area contributed by atoms with Crippen molar-refractivity contribution in [2.24, 2.45) is 5.92 Å². The van der Waals surface area contributed by atoms with Gasteiger partial charge in [-0.1, -0.05) is 16.8 Å². The van der Waals surface area contributed by atoms with Crippen LogP contribution >= 0.6 is 0 Å². The van der Waals surface area contributed by atoms with Gasteiger partial charge in [-0.3, -0.25) is 14.4 Å². The molecule has 216 valence electrons. The molecule has 11 nitrogen and oxygen atoms in total. The molecule has 2 atom stereocenters. The fraction of sp³-hybridized carbons (Fsp3) is 0.679. The van der Waals surface area contributed by atoms with Gasteiger partial charge >= 0.3 is 12.1 Å². The molecule has 1 fully saturated rings. The Bertz CT molecular complexity index is 1060. The second-order valence-corrected chi connectivity index (χ2v) is 11.2. The van der Waals surface area contributed by atoms with Crippen LogP contribution in [0.25, 0.3) is 0 Å². The number of piperidine rings is 1. The predicted molar refractivity (Wildman–Crippen MR) is 142 cm³/mol. The lowest BCUT2D eigenvalue weighted by Gasteiger charge is -2.33. The highest BCUT2D eigenvalue weighted by atomic mass is 16.6. The van der Waals surface area contributed by atoms with Crippen LogP contribution in [-0.2, 0) is 23.9 Å². The van der Waals surface area contributed by atoms with Gasteiger partial charge in [0.05, 0.1) is 24.6 Å². The summed E-state index contributed by atoms with van der Waals surface area (Å²) in [6.45, 7) is 11.2. The van der Waals surface area contributed by atoms with Gasteiger partial charge in [0.1, 0.15) is 11.6 Å². The van der Waals surface area contributed by atoms with Crippen molar-refractivity contribution in [3.05, 3.63) is 29.2 Å². The van der Waals surface area contributed by atoms with Gasteiger partial charge < -0.3 is 29.1 Å². The van der Waals surface area contributed by atoms with Crippen molar-refractivity contribution >= 4 is 23.9 Å². The average molecular weight is 547 g/mol. The lowest BCUT2D eigenvalue weighted by atomic mass is 9.95. The van der Waals surface area contributed by atoms with E-state index in [0.717, 1.165) is 12.0 Å². The standard InChI is InChI=1S/C28H42N4O7/c1-6-37-25(34)17-22(23-16-19(2)30-39-23)29-26(35)21-8-7-13-32(18-21)24(33)10-9-20-11-14-31(15-12-20)27(36)38-28(3,4)5/h11,16,21-22H,6-10,12-15,17-18H2,1-5H3,(H,29,35)/t21-,22?/m1/s1. The SMILES string of the molecule is CCOC(=O)CC(NC(=O)[C@@H]1CCCN(C(=O)CCC2=CCN(C(=O)OC(C)(C)C)CC2)C1)c1cc(C)no1. The van der Waals surface area contributed by atoms with E-state index >= 15 is 0 Å². The third kappa shape index (κ3) is 9.40. The average Bonchev–Trinajstić information content (AvgIpc) is 3.32. The topological polar surface area (TPSA) is 131 Å². The third-order valence-electron chi connectivity index (χ3n) is 6.74. The van der Waals surface area contributed by atoms with Crippen molar-refractivity contribution in [1.29, 1.82) is 0 Å². The molecule has 1 aromatic heterocycles. The van der Waals surface area contributed by atoms with E-state index in [1.807, 2.05) is 26.8 Å². The number of nitrogens with one attached hydrogen (secondary N) is 1. The quantitative estimate of drug-likeness (QED) is 0.367. The number of likely N-dealkylation sites (tertiary alicyclic amines) is 1. The maximum atomic E-state index is 13.2. The first kappa shape index (κ1) is 30.2. The molecule has 2 aliphatic heterocycles. The molecule has 3 rings (SSSR count). The molecule has 0 radical (unpaired) electrons. The van der Waals surface area contributed by atoms with Crippen molar-refractivity contribution < 1.29 is 33.2 Å². The van der Waals surface area contributed by atoms with Gasteiger partial charge in [0.15, 0.2) is 5.76 Å². The largest absolute Gasteiger partial charge is 0.466 e. The van der Waals surface area contributed by atoms with E-state index in [-0.39, 0.29) is 36.9 Å². The van der Waals surface area contributed by atoms with E-state index < -0.39 is 17.6 Å². The Labute approximate surface area is 230 Å².